The van der Waals surface area contributed by atoms with Gasteiger partial charge in [-0.1, -0.05) is 47.6 Å². The first-order valence-electron chi connectivity index (χ1n) is 7.97. The van der Waals surface area contributed by atoms with Crippen LogP contribution in [0.2, 0.25) is 0 Å². The number of ether oxygens (including phenoxy) is 1. The maximum atomic E-state index is 5.98. The minimum atomic E-state index is 0.541. The van der Waals surface area contributed by atoms with Crippen LogP contribution in [0.1, 0.15) is 64.5 Å². The van der Waals surface area contributed by atoms with E-state index in [0.717, 1.165) is 32.0 Å². The summed E-state index contributed by atoms with van der Waals surface area (Å²) in [5.74, 6) is 2.10. The minimum absolute atomic E-state index is 0.541. The van der Waals surface area contributed by atoms with Gasteiger partial charge in [-0.25, -0.2) is 0 Å². The number of benzene rings is 1. The summed E-state index contributed by atoms with van der Waals surface area (Å²) in [6.07, 6.45) is 0. The Balaban J connectivity index is 2.73. The molecule has 0 aromatic heterocycles. The van der Waals surface area contributed by atoms with Gasteiger partial charge in [0.25, 0.3) is 0 Å². The van der Waals surface area contributed by atoms with Crippen LogP contribution in [0.15, 0.2) is 18.2 Å². The molecule has 0 saturated heterocycles. The molecular formula is C18H31NO. The number of hydrogen-bond acceptors (Lipinski definition) is 2. The molecule has 0 saturated carbocycles. The van der Waals surface area contributed by atoms with E-state index >= 15 is 0 Å². The van der Waals surface area contributed by atoms with Gasteiger partial charge in [-0.05, 0) is 48.2 Å². The highest BCUT2D eigenvalue weighted by Crippen LogP contribution is 2.27. The summed E-state index contributed by atoms with van der Waals surface area (Å²) >= 11 is 0. The van der Waals surface area contributed by atoms with Crippen LogP contribution in [0.4, 0.5) is 0 Å². The van der Waals surface area contributed by atoms with Crippen LogP contribution >= 0.6 is 0 Å². The summed E-state index contributed by atoms with van der Waals surface area (Å²) in [6, 6.07) is 6.70. The molecule has 0 aliphatic heterocycles. The van der Waals surface area contributed by atoms with Crippen LogP contribution in [0.25, 0.3) is 0 Å². The molecule has 0 amide bonds. The van der Waals surface area contributed by atoms with Crippen molar-refractivity contribution in [2.24, 2.45) is 0 Å². The molecule has 0 atom stereocenters. The molecule has 114 valence electrons. The first-order valence-corrected chi connectivity index (χ1v) is 7.97. The molecule has 0 bridgehead atoms. The average molecular weight is 277 g/mol. The Hall–Kier alpha value is -1.02. The van der Waals surface area contributed by atoms with Crippen molar-refractivity contribution < 1.29 is 4.74 Å². The van der Waals surface area contributed by atoms with E-state index in [1.165, 1.54) is 11.1 Å². The van der Waals surface area contributed by atoms with Crippen LogP contribution in [0, 0.1) is 0 Å². The molecule has 1 aromatic rings. The lowest BCUT2D eigenvalue weighted by molar-refractivity contribution is 0.222. The third-order valence-corrected chi connectivity index (χ3v) is 3.86. The van der Waals surface area contributed by atoms with Crippen molar-refractivity contribution in [1.82, 2.24) is 4.90 Å². The molecule has 20 heavy (non-hydrogen) atoms. The Bertz CT molecular complexity index is 368. The molecule has 2 heteroatoms. The van der Waals surface area contributed by atoms with Gasteiger partial charge in [0.05, 0.1) is 0 Å². The fourth-order valence-corrected chi connectivity index (χ4v) is 2.23. The fraction of sp³-hybridized carbons (Fsp3) is 0.667. The van der Waals surface area contributed by atoms with Crippen LogP contribution < -0.4 is 4.74 Å². The second kappa shape index (κ2) is 8.31. The molecule has 0 heterocycles. The molecular weight excluding hydrogens is 246 g/mol. The van der Waals surface area contributed by atoms with Gasteiger partial charge in [0.15, 0.2) is 0 Å². The Morgan fingerprint density at radius 2 is 1.40 bits per heavy atom. The van der Waals surface area contributed by atoms with Crippen molar-refractivity contribution in [1.29, 1.82) is 0 Å². The molecule has 0 aliphatic rings. The average Bonchev–Trinajstić information content (AvgIpc) is 2.43. The zero-order chi connectivity index (χ0) is 15.1. The topological polar surface area (TPSA) is 12.5 Å². The fourth-order valence-electron chi connectivity index (χ4n) is 2.23. The van der Waals surface area contributed by atoms with Crippen LogP contribution in [0.3, 0.4) is 0 Å². The van der Waals surface area contributed by atoms with E-state index < -0.39 is 0 Å². The Kier molecular flexibility index (Phi) is 7.08. The van der Waals surface area contributed by atoms with E-state index in [-0.39, 0.29) is 0 Å². The summed E-state index contributed by atoms with van der Waals surface area (Å²) in [5, 5.41) is 0. The largest absolute Gasteiger partial charge is 0.492 e. The number of likely N-dealkylation sites (N-methyl/N-ethyl adjacent to an activating group) is 1. The molecule has 0 spiro atoms. The van der Waals surface area contributed by atoms with Crippen LogP contribution in [0.5, 0.6) is 5.75 Å². The summed E-state index contributed by atoms with van der Waals surface area (Å²) in [5.41, 5.74) is 2.74. The summed E-state index contributed by atoms with van der Waals surface area (Å²) in [7, 11) is 0. The van der Waals surface area contributed by atoms with Gasteiger partial charge >= 0.3 is 0 Å². The summed E-state index contributed by atoms with van der Waals surface area (Å²) in [4.78, 5) is 2.38. The second-order valence-electron chi connectivity index (χ2n) is 6.02. The maximum absolute atomic E-state index is 5.98. The van der Waals surface area contributed by atoms with Gasteiger partial charge in [-0.15, -0.1) is 0 Å². The van der Waals surface area contributed by atoms with E-state index in [9.17, 15) is 0 Å². The molecule has 1 aromatic carbocycles. The summed E-state index contributed by atoms with van der Waals surface area (Å²) < 4.78 is 5.98. The third kappa shape index (κ3) is 5.16. The van der Waals surface area contributed by atoms with Crippen LogP contribution in [-0.2, 0) is 0 Å². The first-order chi connectivity index (χ1) is 9.47. The lowest BCUT2D eigenvalue weighted by atomic mass is 9.95. The lowest BCUT2D eigenvalue weighted by Crippen LogP contribution is -2.27. The van der Waals surface area contributed by atoms with Gasteiger partial charge in [0.1, 0.15) is 12.4 Å². The molecule has 1 rings (SSSR count). The van der Waals surface area contributed by atoms with Crippen molar-refractivity contribution in [3.05, 3.63) is 29.3 Å². The SMILES string of the molecule is CCN(CC)CCOc1cc(C(C)C)cc(C(C)C)c1. The quantitative estimate of drug-likeness (QED) is 0.685. The van der Waals surface area contributed by atoms with Gasteiger partial charge in [-0.2, -0.15) is 0 Å². The van der Waals surface area contributed by atoms with Gasteiger partial charge in [-0.3, -0.25) is 0 Å². The van der Waals surface area contributed by atoms with Crippen molar-refractivity contribution in [2.75, 3.05) is 26.2 Å². The molecule has 2 nitrogen and oxygen atoms in total. The third-order valence-electron chi connectivity index (χ3n) is 3.86. The van der Waals surface area contributed by atoms with Gasteiger partial charge in [0.2, 0.25) is 0 Å². The zero-order valence-corrected chi connectivity index (χ0v) is 14.1. The first kappa shape index (κ1) is 17.0. The molecule has 0 fully saturated rings. The predicted octanol–water partition coefficient (Wildman–Crippen LogP) is 4.65. The van der Waals surface area contributed by atoms with E-state index in [1.807, 2.05) is 0 Å². The van der Waals surface area contributed by atoms with Gasteiger partial charge in [0, 0.05) is 6.54 Å². The Morgan fingerprint density at radius 1 is 0.900 bits per heavy atom. The molecule has 0 aliphatic carbocycles. The lowest BCUT2D eigenvalue weighted by Gasteiger charge is -2.19. The highest BCUT2D eigenvalue weighted by molar-refractivity contribution is 5.37. The highest BCUT2D eigenvalue weighted by atomic mass is 16.5. The van der Waals surface area contributed by atoms with E-state index in [1.54, 1.807) is 0 Å². The minimum Gasteiger partial charge on any atom is -0.492 e. The monoisotopic (exact) mass is 277 g/mol. The Labute approximate surface area is 125 Å². The van der Waals surface area contributed by atoms with E-state index in [4.69, 9.17) is 4.74 Å². The van der Waals surface area contributed by atoms with Crippen molar-refractivity contribution >= 4 is 0 Å². The Morgan fingerprint density at radius 3 is 1.80 bits per heavy atom. The zero-order valence-electron chi connectivity index (χ0n) is 14.1. The van der Waals surface area contributed by atoms with E-state index in [2.05, 4.69) is 64.6 Å². The highest BCUT2D eigenvalue weighted by Gasteiger charge is 2.08. The molecule has 0 radical (unpaired) electrons. The van der Waals surface area contributed by atoms with E-state index in [0.29, 0.717) is 11.8 Å². The van der Waals surface area contributed by atoms with Crippen molar-refractivity contribution in [3.63, 3.8) is 0 Å². The molecule has 0 unspecified atom stereocenters. The smallest absolute Gasteiger partial charge is 0.119 e. The number of hydrogen-bond donors (Lipinski definition) is 0. The molecule has 0 N–H and O–H groups in total. The van der Waals surface area contributed by atoms with Gasteiger partial charge < -0.3 is 9.64 Å². The second-order valence-corrected chi connectivity index (χ2v) is 6.02. The number of rotatable bonds is 8. The normalized spacial score (nSPS) is 11.7. The number of nitrogens with zero attached hydrogens (tertiary/aromatic N) is 1. The van der Waals surface area contributed by atoms with Crippen LogP contribution in [-0.4, -0.2) is 31.1 Å². The van der Waals surface area contributed by atoms with Crippen molar-refractivity contribution in [3.8, 4) is 5.75 Å². The maximum Gasteiger partial charge on any atom is 0.119 e. The van der Waals surface area contributed by atoms with Crippen molar-refractivity contribution in [2.45, 2.75) is 53.4 Å². The predicted molar refractivity (Wildman–Crippen MR) is 87.9 cm³/mol. The summed E-state index contributed by atoms with van der Waals surface area (Å²) in [6.45, 7) is 17.3. The standard InChI is InChI=1S/C18H31NO/c1-7-19(8-2)9-10-20-18-12-16(14(3)4)11-17(13-18)15(5)6/h11-15H,7-10H2,1-6H3.